The van der Waals surface area contributed by atoms with E-state index >= 15 is 0 Å². The van der Waals surface area contributed by atoms with E-state index < -0.39 is 6.10 Å². The molecule has 0 saturated heterocycles. The lowest BCUT2D eigenvalue weighted by atomic mass is 10.2. The van der Waals surface area contributed by atoms with E-state index in [0.29, 0.717) is 6.54 Å². The minimum atomic E-state index is -0.480. The van der Waals surface area contributed by atoms with Crippen LogP contribution in [0.1, 0.15) is 6.42 Å². The summed E-state index contributed by atoms with van der Waals surface area (Å²) in [5.41, 5.74) is 5.40. The Labute approximate surface area is 78.3 Å². The van der Waals surface area contributed by atoms with Gasteiger partial charge in [0.25, 0.3) is 5.91 Å². The number of nitrogens with two attached hydrogens (primary N) is 1. The molecular weight excluding hydrogens is 168 g/mol. The Hall–Kier alpha value is -0.870. The van der Waals surface area contributed by atoms with Gasteiger partial charge >= 0.3 is 0 Å². The largest absolute Gasteiger partial charge is 0.370 e. The van der Waals surface area contributed by atoms with Crippen LogP contribution in [0, 0.1) is 0 Å². The molecule has 4 heteroatoms. The number of nitrogens with zero attached hydrogens (tertiary/aromatic N) is 1. The molecule has 74 valence electrons. The van der Waals surface area contributed by atoms with Crippen molar-refractivity contribution in [1.82, 2.24) is 4.90 Å². The molecule has 2 N–H and O–H groups in total. The van der Waals surface area contributed by atoms with Gasteiger partial charge in [0.2, 0.25) is 0 Å². The highest BCUT2D eigenvalue weighted by molar-refractivity contribution is 5.81. The highest BCUT2D eigenvalue weighted by atomic mass is 16.5. The number of rotatable bonds is 3. The molecule has 1 unspecified atom stereocenters. The quantitative estimate of drug-likeness (QED) is 0.615. The molecule has 1 amide bonds. The summed E-state index contributed by atoms with van der Waals surface area (Å²) in [6.45, 7) is 1.70. The fraction of sp³-hybridized carbons (Fsp3) is 0.667. The summed E-state index contributed by atoms with van der Waals surface area (Å²) in [5.74, 6) is -0.00523. The van der Waals surface area contributed by atoms with E-state index in [1.165, 1.54) is 7.11 Å². The standard InChI is InChI=1S/C9H16N2O2/c1-13-8(7-10)9(12)11-5-3-2-4-6-11/h2-3,8H,4-7,10H2,1H3. The van der Waals surface area contributed by atoms with E-state index in [-0.39, 0.29) is 12.5 Å². The fourth-order valence-corrected chi connectivity index (χ4v) is 1.34. The van der Waals surface area contributed by atoms with Crippen molar-refractivity contribution in [2.75, 3.05) is 26.7 Å². The lowest BCUT2D eigenvalue weighted by Gasteiger charge is -2.26. The zero-order valence-electron chi connectivity index (χ0n) is 7.90. The van der Waals surface area contributed by atoms with Crippen molar-refractivity contribution >= 4 is 5.91 Å². The van der Waals surface area contributed by atoms with Crippen molar-refractivity contribution in [2.24, 2.45) is 5.73 Å². The van der Waals surface area contributed by atoms with Crippen molar-refractivity contribution in [1.29, 1.82) is 0 Å². The third-order valence-corrected chi connectivity index (χ3v) is 2.14. The van der Waals surface area contributed by atoms with Crippen molar-refractivity contribution in [3.8, 4) is 0 Å². The maximum absolute atomic E-state index is 11.6. The van der Waals surface area contributed by atoms with Gasteiger partial charge in [-0.15, -0.1) is 0 Å². The smallest absolute Gasteiger partial charge is 0.253 e. The second-order valence-electron chi connectivity index (χ2n) is 3.00. The summed E-state index contributed by atoms with van der Waals surface area (Å²) in [7, 11) is 1.51. The second kappa shape index (κ2) is 4.99. The van der Waals surface area contributed by atoms with Gasteiger partial charge in [-0.2, -0.15) is 0 Å². The minimum Gasteiger partial charge on any atom is -0.370 e. The molecule has 0 aromatic carbocycles. The normalized spacial score (nSPS) is 18.8. The maximum atomic E-state index is 11.6. The molecule has 0 bridgehead atoms. The number of hydrogen-bond acceptors (Lipinski definition) is 3. The number of carbonyl (C=O) groups is 1. The molecule has 1 aliphatic rings. The highest BCUT2D eigenvalue weighted by Gasteiger charge is 2.22. The topological polar surface area (TPSA) is 55.6 Å². The third kappa shape index (κ3) is 2.54. The average molecular weight is 184 g/mol. The summed E-state index contributed by atoms with van der Waals surface area (Å²) in [6.07, 6.45) is 4.51. The van der Waals surface area contributed by atoms with Gasteiger partial charge in [-0.1, -0.05) is 12.2 Å². The first kappa shape index (κ1) is 10.2. The molecule has 1 rings (SSSR count). The fourth-order valence-electron chi connectivity index (χ4n) is 1.34. The number of methoxy groups -OCH3 is 1. The zero-order chi connectivity index (χ0) is 9.68. The van der Waals surface area contributed by atoms with E-state index in [9.17, 15) is 4.79 Å². The number of carbonyl (C=O) groups excluding carboxylic acids is 1. The van der Waals surface area contributed by atoms with Gasteiger partial charge in [0, 0.05) is 26.7 Å². The minimum absolute atomic E-state index is 0.00523. The van der Waals surface area contributed by atoms with Gasteiger partial charge in [0.05, 0.1) is 0 Å². The molecule has 1 atom stereocenters. The van der Waals surface area contributed by atoms with Gasteiger partial charge in [-0.3, -0.25) is 4.79 Å². The molecular formula is C9H16N2O2. The summed E-state index contributed by atoms with van der Waals surface area (Å²) >= 11 is 0. The zero-order valence-corrected chi connectivity index (χ0v) is 7.90. The van der Waals surface area contributed by atoms with Crippen LogP contribution in [0.25, 0.3) is 0 Å². The Balaban J connectivity index is 2.50. The van der Waals surface area contributed by atoms with E-state index in [4.69, 9.17) is 10.5 Å². The summed E-state index contributed by atoms with van der Waals surface area (Å²) in [6, 6.07) is 0. The number of ether oxygens (including phenoxy) is 1. The van der Waals surface area contributed by atoms with E-state index in [1.54, 1.807) is 4.90 Å². The Morgan fingerprint density at radius 2 is 2.46 bits per heavy atom. The first-order valence-corrected chi connectivity index (χ1v) is 4.46. The predicted molar refractivity (Wildman–Crippen MR) is 50.2 cm³/mol. The molecule has 13 heavy (non-hydrogen) atoms. The predicted octanol–water partition coefficient (Wildman–Crippen LogP) is -0.251. The van der Waals surface area contributed by atoms with Gasteiger partial charge in [-0.05, 0) is 6.42 Å². The average Bonchev–Trinajstić information content (AvgIpc) is 2.21. The molecule has 4 nitrogen and oxygen atoms in total. The van der Waals surface area contributed by atoms with Crippen molar-refractivity contribution in [3.05, 3.63) is 12.2 Å². The van der Waals surface area contributed by atoms with Crippen LogP contribution in [0.2, 0.25) is 0 Å². The van der Waals surface area contributed by atoms with E-state index in [1.807, 2.05) is 6.08 Å². The van der Waals surface area contributed by atoms with Crippen LogP contribution >= 0.6 is 0 Å². The van der Waals surface area contributed by atoms with Crippen LogP contribution in [0.4, 0.5) is 0 Å². The molecule has 0 fully saturated rings. The summed E-state index contributed by atoms with van der Waals surface area (Å²) in [4.78, 5) is 13.4. The number of hydrogen-bond donors (Lipinski definition) is 1. The van der Waals surface area contributed by atoms with Crippen LogP contribution < -0.4 is 5.73 Å². The maximum Gasteiger partial charge on any atom is 0.253 e. The van der Waals surface area contributed by atoms with Gasteiger partial charge in [0.1, 0.15) is 6.10 Å². The SMILES string of the molecule is COC(CN)C(=O)N1CC=CCC1. The summed E-state index contributed by atoms with van der Waals surface area (Å²) in [5, 5.41) is 0. The molecule has 0 aromatic heterocycles. The molecule has 0 spiro atoms. The Morgan fingerprint density at radius 3 is 2.92 bits per heavy atom. The van der Waals surface area contributed by atoms with E-state index in [0.717, 1.165) is 13.0 Å². The molecule has 1 heterocycles. The Morgan fingerprint density at radius 1 is 1.69 bits per heavy atom. The Bertz CT molecular complexity index is 200. The lowest BCUT2D eigenvalue weighted by molar-refractivity contribution is -0.140. The highest BCUT2D eigenvalue weighted by Crippen LogP contribution is 2.04. The first-order chi connectivity index (χ1) is 6.29. The molecule has 0 radical (unpaired) electrons. The first-order valence-electron chi connectivity index (χ1n) is 4.46. The van der Waals surface area contributed by atoms with Crippen molar-refractivity contribution in [3.63, 3.8) is 0 Å². The Kier molecular flexibility index (Phi) is 3.92. The van der Waals surface area contributed by atoms with Crippen LogP contribution in [-0.4, -0.2) is 43.7 Å². The van der Waals surface area contributed by atoms with Crippen molar-refractivity contribution in [2.45, 2.75) is 12.5 Å². The lowest BCUT2D eigenvalue weighted by Crippen LogP contribution is -2.44. The van der Waals surface area contributed by atoms with Crippen LogP contribution in [0.5, 0.6) is 0 Å². The van der Waals surface area contributed by atoms with Crippen LogP contribution in [0.15, 0.2) is 12.2 Å². The van der Waals surface area contributed by atoms with Crippen molar-refractivity contribution < 1.29 is 9.53 Å². The third-order valence-electron chi connectivity index (χ3n) is 2.14. The van der Waals surface area contributed by atoms with Gasteiger partial charge in [0.15, 0.2) is 0 Å². The van der Waals surface area contributed by atoms with E-state index in [2.05, 4.69) is 6.08 Å². The number of amides is 1. The van der Waals surface area contributed by atoms with Gasteiger partial charge in [-0.25, -0.2) is 0 Å². The molecule has 0 aliphatic carbocycles. The molecule has 0 aromatic rings. The van der Waals surface area contributed by atoms with Gasteiger partial charge < -0.3 is 15.4 Å². The second-order valence-corrected chi connectivity index (χ2v) is 3.00. The molecule has 0 saturated carbocycles. The summed E-state index contributed by atoms with van der Waals surface area (Å²) < 4.78 is 4.97. The monoisotopic (exact) mass is 184 g/mol. The van der Waals surface area contributed by atoms with Crippen LogP contribution in [0.3, 0.4) is 0 Å². The van der Waals surface area contributed by atoms with Crippen LogP contribution in [-0.2, 0) is 9.53 Å². The molecule has 1 aliphatic heterocycles.